The third kappa shape index (κ3) is 6.70. The highest BCUT2D eigenvalue weighted by Gasteiger charge is 2.29. The molecule has 0 saturated carbocycles. The van der Waals surface area contributed by atoms with Crippen LogP contribution in [0.15, 0.2) is 72.2 Å². The molecule has 8 heteroatoms. The Bertz CT molecular complexity index is 917. The van der Waals surface area contributed by atoms with E-state index in [1.807, 2.05) is 36.6 Å². The van der Waals surface area contributed by atoms with Crippen molar-refractivity contribution in [3.63, 3.8) is 0 Å². The number of rotatable bonds is 7. The quantitative estimate of drug-likeness (QED) is 0.269. The van der Waals surface area contributed by atoms with Crippen LogP contribution in [0.3, 0.4) is 0 Å². The molecule has 0 spiro atoms. The number of hydrogen-bond donors (Lipinski definition) is 6. The van der Waals surface area contributed by atoms with E-state index in [0.717, 1.165) is 63.1 Å². The molecule has 2 fully saturated rings. The first-order valence-electron chi connectivity index (χ1n) is 12.4. The van der Waals surface area contributed by atoms with Crippen molar-refractivity contribution in [2.45, 2.75) is 50.1 Å². The van der Waals surface area contributed by atoms with Crippen LogP contribution in [0.1, 0.15) is 37.3 Å². The second-order valence-corrected chi connectivity index (χ2v) is 9.13. The Hall–Kier alpha value is -2.65. The van der Waals surface area contributed by atoms with Gasteiger partial charge in [-0.05, 0) is 62.1 Å². The lowest BCUT2D eigenvalue weighted by molar-refractivity contribution is 0.215. The molecule has 2 saturated heterocycles. The van der Waals surface area contributed by atoms with Gasteiger partial charge in [0.1, 0.15) is 12.0 Å². The zero-order valence-electron chi connectivity index (χ0n) is 19.7. The van der Waals surface area contributed by atoms with Gasteiger partial charge in [-0.1, -0.05) is 30.4 Å². The molecule has 184 valence electrons. The Balaban J connectivity index is 1.27. The molecule has 0 aromatic heterocycles. The molecule has 3 aliphatic heterocycles. The number of likely N-dealkylation sites (tertiary alicyclic amines) is 1. The molecule has 0 radical (unpaired) electrons. The van der Waals surface area contributed by atoms with Crippen LogP contribution in [0.2, 0.25) is 0 Å². The van der Waals surface area contributed by atoms with E-state index in [9.17, 15) is 4.39 Å². The van der Waals surface area contributed by atoms with Crippen molar-refractivity contribution in [3.05, 3.63) is 83.6 Å². The SMILES string of the molecule is N/C(=C\C=C/C1CCCNCCN1)C1=CNC(/C=C\C(N)N2CCCC2c2cccc(F)c2)N1. The van der Waals surface area contributed by atoms with Crippen LogP contribution in [0.5, 0.6) is 0 Å². The molecule has 1 aromatic carbocycles. The number of halogens is 1. The highest BCUT2D eigenvalue weighted by molar-refractivity contribution is 5.33. The van der Waals surface area contributed by atoms with Crippen molar-refractivity contribution in [2.75, 3.05) is 26.2 Å². The molecule has 0 amide bonds. The predicted molar refractivity (Wildman–Crippen MR) is 136 cm³/mol. The molecule has 3 aliphatic rings. The highest BCUT2D eigenvalue weighted by atomic mass is 19.1. The highest BCUT2D eigenvalue weighted by Crippen LogP contribution is 2.33. The van der Waals surface area contributed by atoms with Crippen molar-refractivity contribution >= 4 is 0 Å². The lowest BCUT2D eigenvalue weighted by atomic mass is 10.0. The maximum atomic E-state index is 13.7. The van der Waals surface area contributed by atoms with E-state index in [-0.39, 0.29) is 24.2 Å². The van der Waals surface area contributed by atoms with Crippen molar-refractivity contribution < 1.29 is 4.39 Å². The van der Waals surface area contributed by atoms with Crippen LogP contribution >= 0.6 is 0 Å². The minimum atomic E-state index is -0.245. The van der Waals surface area contributed by atoms with E-state index in [2.05, 4.69) is 32.2 Å². The zero-order chi connectivity index (χ0) is 23.8. The molecule has 3 heterocycles. The van der Waals surface area contributed by atoms with Gasteiger partial charge in [-0.15, -0.1) is 0 Å². The summed E-state index contributed by atoms with van der Waals surface area (Å²) in [4.78, 5) is 2.23. The van der Waals surface area contributed by atoms with Crippen LogP contribution < -0.4 is 32.7 Å². The average molecular weight is 468 g/mol. The third-order valence-electron chi connectivity index (χ3n) is 6.64. The van der Waals surface area contributed by atoms with Gasteiger partial charge in [0.2, 0.25) is 0 Å². The van der Waals surface area contributed by atoms with Gasteiger partial charge in [0, 0.05) is 37.9 Å². The molecule has 0 aliphatic carbocycles. The van der Waals surface area contributed by atoms with E-state index in [1.165, 1.54) is 6.07 Å². The second kappa shape index (κ2) is 12.2. The standard InChI is InChI=1S/C26H38FN7/c27-20-6-1-5-19(17-20)24-10-4-16-34(24)25(29)11-12-26-32-18-23(33-26)22(28)9-2-7-21-8-3-13-30-14-15-31-21/h1-2,5-7,9,11-12,17-18,21,24-26,30-33H,3-4,8,10,13-16,28-29H2/b7-2-,12-11-,22-9-. The molecule has 34 heavy (non-hydrogen) atoms. The summed E-state index contributed by atoms with van der Waals surface area (Å²) in [6, 6.07) is 7.36. The van der Waals surface area contributed by atoms with Gasteiger partial charge in [-0.25, -0.2) is 4.39 Å². The minimum Gasteiger partial charge on any atom is -0.397 e. The van der Waals surface area contributed by atoms with E-state index >= 15 is 0 Å². The summed E-state index contributed by atoms with van der Waals surface area (Å²) in [7, 11) is 0. The fraction of sp³-hybridized carbons (Fsp3) is 0.462. The number of nitrogens with one attached hydrogen (secondary N) is 4. The Morgan fingerprint density at radius 3 is 2.94 bits per heavy atom. The van der Waals surface area contributed by atoms with E-state index in [4.69, 9.17) is 11.5 Å². The Kier molecular flexibility index (Phi) is 8.76. The van der Waals surface area contributed by atoms with Gasteiger partial charge in [0.05, 0.1) is 17.6 Å². The molecular weight excluding hydrogens is 429 g/mol. The van der Waals surface area contributed by atoms with Crippen LogP contribution in [0.4, 0.5) is 4.39 Å². The fourth-order valence-electron chi connectivity index (χ4n) is 4.81. The zero-order valence-corrected chi connectivity index (χ0v) is 19.7. The molecular formula is C26H38FN7. The Morgan fingerprint density at radius 2 is 2.06 bits per heavy atom. The fourth-order valence-corrected chi connectivity index (χ4v) is 4.81. The van der Waals surface area contributed by atoms with Gasteiger partial charge in [-0.3, -0.25) is 4.90 Å². The van der Waals surface area contributed by atoms with Gasteiger partial charge in [-0.2, -0.15) is 0 Å². The summed E-state index contributed by atoms with van der Waals surface area (Å²) in [6.07, 6.45) is 16.0. The molecule has 4 atom stereocenters. The largest absolute Gasteiger partial charge is 0.397 e. The predicted octanol–water partition coefficient (Wildman–Crippen LogP) is 1.90. The number of hydrogen-bond acceptors (Lipinski definition) is 7. The van der Waals surface area contributed by atoms with Crippen LogP contribution in [0, 0.1) is 5.82 Å². The summed E-state index contributed by atoms with van der Waals surface area (Å²) in [5.74, 6) is -0.204. The third-order valence-corrected chi connectivity index (χ3v) is 6.64. The topological polar surface area (TPSA) is 103 Å². The van der Waals surface area contributed by atoms with Crippen LogP contribution in [-0.4, -0.2) is 49.5 Å². The van der Waals surface area contributed by atoms with Crippen LogP contribution in [0.25, 0.3) is 0 Å². The summed E-state index contributed by atoms with van der Waals surface area (Å²) in [5, 5.41) is 13.6. The van der Waals surface area contributed by atoms with E-state index in [1.54, 1.807) is 12.1 Å². The van der Waals surface area contributed by atoms with E-state index < -0.39 is 0 Å². The maximum Gasteiger partial charge on any atom is 0.123 e. The summed E-state index contributed by atoms with van der Waals surface area (Å²) in [5.41, 5.74) is 15.3. The molecule has 4 rings (SSSR count). The smallest absolute Gasteiger partial charge is 0.123 e. The first-order valence-corrected chi connectivity index (χ1v) is 12.4. The van der Waals surface area contributed by atoms with Gasteiger partial charge in [0.25, 0.3) is 0 Å². The molecule has 7 nitrogen and oxygen atoms in total. The average Bonchev–Trinajstić information content (AvgIpc) is 3.49. The lowest BCUT2D eigenvalue weighted by Gasteiger charge is -2.29. The summed E-state index contributed by atoms with van der Waals surface area (Å²) < 4.78 is 13.7. The van der Waals surface area contributed by atoms with Gasteiger partial charge < -0.3 is 32.7 Å². The monoisotopic (exact) mass is 467 g/mol. The van der Waals surface area contributed by atoms with Crippen molar-refractivity contribution in [1.82, 2.24) is 26.2 Å². The van der Waals surface area contributed by atoms with E-state index in [0.29, 0.717) is 11.7 Å². The van der Waals surface area contributed by atoms with Crippen molar-refractivity contribution in [1.29, 1.82) is 0 Å². The van der Waals surface area contributed by atoms with Gasteiger partial charge >= 0.3 is 0 Å². The minimum absolute atomic E-state index is 0.0769. The number of allylic oxidation sites excluding steroid dienone is 2. The van der Waals surface area contributed by atoms with Crippen LogP contribution in [-0.2, 0) is 0 Å². The second-order valence-electron chi connectivity index (χ2n) is 9.13. The lowest BCUT2D eigenvalue weighted by Crippen LogP contribution is -2.41. The Labute approximate surface area is 202 Å². The summed E-state index contributed by atoms with van der Waals surface area (Å²) in [6.45, 7) is 3.96. The number of nitrogens with two attached hydrogens (primary N) is 2. The first-order chi connectivity index (χ1) is 16.6. The Morgan fingerprint density at radius 1 is 1.15 bits per heavy atom. The molecule has 0 bridgehead atoms. The molecule has 8 N–H and O–H groups in total. The maximum absolute atomic E-state index is 13.7. The number of nitrogens with zero attached hydrogens (tertiary/aromatic N) is 1. The van der Waals surface area contributed by atoms with Gasteiger partial charge in [0.15, 0.2) is 0 Å². The normalized spacial score (nSPS) is 27.9. The molecule has 4 unspecified atom stereocenters. The molecule has 1 aromatic rings. The van der Waals surface area contributed by atoms with Crippen molar-refractivity contribution in [2.24, 2.45) is 11.5 Å². The first kappa shape index (κ1) is 24.5. The van der Waals surface area contributed by atoms with Crippen molar-refractivity contribution in [3.8, 4) is 0 Å². The number of benzene rings is 1. The summed E-state index contributed by atoms with van der Waals surface area (Å²) >= 11 is 0.